The summed E-state index contributed by atoms with van der Waals surface area (Å²) in [5, 5.41) is 9.52. The summed E-state index contributed by atoms with van der Waals surface area (Å²) in [6.45, 7) is 6.95. The van der Waals surface area contributed by atoms with Gasteiger partial charge in [0.25, 0.3) is 0 Å². The first-order valence-electron chi connectivity index (χ1n) is 6.61. The van der Waals surface area contributed by atoms with Gasteiger partial charge in [-0.15, -0.1) is 0 Å². The third kappa shape index (κ3) is 4.50. The van der Waals surface area contributed by atoms with Crippen LogP contribution in [0.25, 0.3) is 0 Å². The number of halogens is 1. The van der Waals surface area contributed by atoms with Gasteiger partial charge < -0.3 is 5.73 Å². The summed E-state index contributed by atoms with van der Waals surface area (Å²) >= 11 is 6.07. The van der Waals surface area contributed by atoms with E-state index in [1.165, 1.54) is 0 Å². The zero-order chi connectivity index (χ0) is 14.4. The molecule has 3 nitrogen and oxygen atoms in total. The number of nitrogens with zero attached hydrogens (tertiary/aromatic N) is 2. The molecule has 1 aromatic carbocycles. The quantitative estimate of drug-likeness (QED) is 0.869. The van der Waals surface area contributed by atoms with Crippen molar-refractivity contribution in [2.45, 2.75) is 45.3 Å². The molecule has 0 fully saturated rings. The van der Waals surface area contributed by atoms with Gasteiger partial charge in [-0.1, -0.05) is 23.7 Å². The average Bonchev–Trinajstić information content (AvgIpc) is 2.33. The summed E-state index contributed by atoms with van der Waals surface area (Å²) in [5.74, 6) is 0. The molecule has 0 amide bonds. The molecule has 0 radical (unpaired) electrons. The minimum Gasteiger partial charge on any atom is -0.326 e. The summed E-state index contributed by atoms with van der Waals surface area (Å²) < 4.78 is 0. The van der Waals surface area contributed by atoms with Crippen LogP contribution in [-0.4, -0.2) is 23.5 Å². The first-order valence-corrected chi connectivity index (χ1v) is 6.99. The predicted octanol–water partition coefficient (Wildman–Crippen LogP) is 3.35. The Labute approximate surface area is 121 Å². The Bertz CT molecular complexity index is 437. The van der Waals surface area contributed by atoms with Crippen LogP contribution in [0.15, 0.2) is 24.3 Å². The van der Waals surface area contributed by atoms with Gasteiger partial charge in [-0.05, 0) is 38.5 Å². The Hall–Kier alpha value is -1.08. The minimum absolute atomic E-state index is 0.0282. The highest BCUT2D eigenvalue weighted by Crippen LogP contribution is 2.27. The van der Waals surface area contributed by atoms with Crippen LogP contribution in [0.2, 0.25) is 5.02 Å². The molecule has 0 saturated heterocycles. The van der Waals surface area contributed by atoms with Crippen molar-refractivity contribution in [2.24, 2.45) is 5.73 Å². The van der Waals surface area contributed by atoms with Crippen molar-refractivity contribution in [3.8, 4) is 6.07 Å². The smallest absolute Gasteiger partial charge is 0.0635 e. The van der Waals surface area contributed by atoms with Gasteiger partial charge in [-0.25, -0.2) is 0 Å². The number of hydrogen-bond acceptors (Lipinski definition) is 3. The molecule has 0 aliphatic rings. The van der Waals surface area contributed by atoms with E-state index in [1.54, 1.807) is 0 Å². The molecule has 0 bridgehead atoms. The van der Waals surface area contributed by atoms with E-state index in [2.05, 4.69) is 24.8 Å². The number of nitriles is 1. The van der Waals surface area contributed by atoms with Crippen molar-refractivity contribution >= 4 is 11.6 Å². The molecule has 1 aromatic rings. The topological polar surface area (TPSA) is 53.0 Å². The van der Waals surface area contributed by atoms with E-state index in [0.29, 0.717) is 24.0 Å². The highest BCUT2D eigenvalue weighted by molar-refractivity contribution is 6.30. The van der Waals surface area contributed by atoms with Gasteiger partial charge >= 0.3 is 0 Å². The maximum absolute atomic E-state index is 8.80. The van der Waals surface area contributed by atoms with Gasteiger partial charge in [0.15, 0.2) is 0 Å². The van der Waals surface area contributed by atoms with E-state index in [0.717, 1.165) is 5.56 Å². The molecule has 0 spiro atoms. The van der Waals surface area contributed by atoms with Gasteiger partial charge in [-0.2, -0.15) is 5.26 Å². The summed E-state index contributed by atoms with van der Waals surface area (Å²) in [7, 11) is 0. The molecule has 2 atom stereocenters. The van der Waals surface area contributed by atoms with Crippen molar-refractivity contribution in [1.29, 1.82) is 5.26 Å². The zero-order valence-corrected chi connectivity index (χ0v) is 12.6. The standard InChI is InChI=1S/C15H22ClN3/c1-11(2)19(9-5-8-17)15(12(3)18)13-6-4-7-14(16)10-13/h4,6-7,10-12,15H,5,9,18H2,1-3H3. The van der Waals surface area contributed by atoms with Crippen molar-refractivity contribution in [1.82, 2.24) is 4.90 Å². The van der Waals surface area contributed by atoms with E-state index < -0.39 is 0 Å². The lowest BCUT2D eigenvalue weighted by molar-refractivity contribution is 0.139. The van der Waals surface area contributed by atoms with Crippen molar-refractivity contribution in [2.75, 3.05) is 6.54 Å². The molecule has 0 aromatic heterocycles. The fourth-order valence-electron chi connectivity index (χ4n) is 2.39. The monoisotopic (exact) mass is 279 g/mol. The Balaban J connectivity index is 3.07. The second-order valence-electron chi connectivity index (χ2n) is 5.10. The average molecular weight is 280 g/mol. The summed E-state index contributed by atoms with van der Waals surface area (Å²) in [5.41, 5.74) is 7.27. The highest BCUT2D eigenvalue weighted by atomic mass is 35.5. The molecule has 1 rings (SSSR count). The van der Waals surface area contributed by atoms with Crippen LogP contribution >= 0.6 is 11.6 Å². The predicted molar refractivity (Wildman–Crippen MR) is 79.9 cm³/mol. The van der Waals surface area contributed by atoms with Crippen LogP contribution in [0.3, 0.4) is 0 Å². The van der Waals surface area contributed by atoms with E-state index in [-0.39, 0.29) is 12.1 Å². The van der Waals surface area contributed by atoms with Gasteiger partial charge in [0, 0.05) is 36.1 Å². The van der Waals surface area contributed by atoms with Crippen LogP contribution in [0.1, 0.15) is 38.8 Å². The summed E-state index contributed by atoms with van der Waals surface area (Å²) in [4.78, 5) is 2.26. The third-order valence-corrected chi connectivity index (χ3v) is 3.43. The normalized spacial score (nSPS) is 14.4. The lowest BCUT2D eigenvalue weighted by Gasteiger charge is -2.37. The number of hydrogen-bond donors (Lipinski definition) is 1. The molecular weight excluding hydrogens is 258 g/mol. The van der Waals surface area contributed by atoms with Crippen LogP contribution < -0.4 is 5.73 Å². The first-order chi connectivity index (χ1) is 8.97. The molecule has 0 saturated carbocycles. The van der Waals surface area contributed by atoms with Crippen LogP contribution in [0.4, 0.5) is 0 Å². The molecular formula is C15H22ClN3. The van der Waals surface area contributed by atoms with Crippen LogP contribution in [0, 0.1) is 11.3 Å². The molecule has 0 aliphatic heterocycles. The van der Waals surface area contributed by atoms with Gasteiger partial charge in [-0.3, -0.25) is 4.90 Å². The van der Waals surface area contributed by atoms with Gasteiger partial charge in [0.05, 0.1) is 6.07 Å². The van der Waals surface area contributed by atoms with E-state index in [9.17, 15) is 0 Å². The number of benzene rings is 1. The van der Waals surface area contributed by atoms with E-state index in [1.807, 2.05) is 31.2 Å². The Kier molecular flexibility index (Phi) is 6.30. The first kappa shape index (κ1) is 16.0. The number of rotatable bonds is 6. The Morgan fingerprint density at radius 1 is 1.37 bits per heavy atom. The maximum atomic E-state index is 8.80. The second-order valence-corrected chi connectivity index (χ2v) is 5.54. The minimum atomic E-state index is -0.0282. The third-order valence-electron chi connectivity index (χ3n) is 3.19. The van der Waals surface area contributed by atoms with Crippen molar-refractivity contribution in [3.63, 3.8) is 0 Å². The second kappa shape index (κ2) is 7.49. The van der Waals surface area contributed by atoms with E-state index in [4.69, 9.17) is 22.6 Å². The fourth-order valence-corrected chi connectivity index (χ4v) is 2.58. The largest absolute Gasteiger partial charge is 0.326 e. The fraction of sp³-hybridized carbons (Fsp3) is 0.533. The zero-order valence-electron chi connectivity index (χ0n) is 11.8. The highest BCUT2D eigenvalue weighted by Gasteiger charge is 2.26. The van der Waals surface area contributed by atoms with E-state index >= 15 is 0 Å². The number of nitrogens with two attached hydrogens (primary N) is 1. The molecule has 19 heavy (non-hydrogen) atoms. The maximum Gasteiger partial charge on any atom is 0.0635 e. The molecule has 0 aliphatic carbocycles. The van der Waals surface area contributed by atoms with Crippen LogP contribution in [0.5, 0.6) is 0 Å². The van der Waals surface area contributed by atoms with Gasteiger partial charge in [0.2, 0.25) is 0 Å². The molecule has 0 heterocycles. The van der Waals surface area contributed by atoms with Crippen molar-refractivity contribution < 1.29 is 0 Å². The molecule has 2 unspecified atom stereocenters. The lowest BCUT2D eigenvalue weighted by Crippen LogP contribution is -2.43. The summed E-state index contributed by atoms with van der Waals surface area (Å²) in [6, 6.07) is 10.4. The SMILES string of the molecule is CC(N)C(c1cccc(Cl)c1)N(CCC#N)C(C)C. The van der Waals surface area contributed by atoms with Crippen LogP contribution in [-0.2, 0) is 0 Å². The molecule has 4 heteroatoms. The van der Waals surface area contributed by atoms with Gasteiger partial charge in [0.1, 0.15) is 0 Å². The lowest BCUT2D eigenvalue weighted by atomic mass is 9.97. The Morgan fingerprint density at radius 3 is 2.53 bits per heavy atom. The Morgan fingerprint density at radius 2 is 2.05 bits per heavy atom. The summed E-state index contributed by atoms with van der Waals surface area (Å²) in [6.07, 6.45) is 0.502. The van der Waals surface area contributed by atoms with Crippen molar-refractivity contribution in [3.05, 3.63) is 34.9 Å². The molecule has 104 valence electrons. The molecule has 2 N–H and O–H groups in total.